The third kappa shape index (κ3) is 2.23. The number of methoxy groups -OCH3 is 1. The van der Waals surface area contributed by atoms with Gasteiger partial charge in [-0.05, 0) is 68.3 Å². The van der Waals surface area contributed by atoms with Crippen LogP contribution in [0.1, 0.15) is 65.7 Å². The normalized spacial score (nSPS) is 45.3. The van der Waals surface area contributed by atoms with E-state index in [0.717, 1.165) is 43.4 Å². The number of hydrogen-bond acceptors (Lipinski definition) is 3. The van der Waals surface area contributed by atoms with E-state index < -0.39 is 0 Å². The Morgan fingerprint density at radius 3 is 2.56 bits per heavy atom. The van der Waals surface area contributed by atoms with Gasteiger partial charge in [-0.1, -0.05) is 19.4 Å². The smallest absolute Gasteiger partial charge is 0.163 e. The molecule has 25 heavy (non-hydrogen) atoms. The Labute approximate surface area is 150 Å². The lowest BCUT2D eigenvalue weighted by Gasteiger charge is -2.57. The molecule has 0 radical (unpaired) electrons. The van der Waals surface area contributed by atoms with Gasteiger partial charge in [0.1, 0.15) is 0 Å². The first-order valence-corrected chi connectivity index (χ1v) is 9.83. The molecule has 0 amide bonds. The van der Waals surface area contributed by atoms with Crippen LogP contribution < -0.4 is 0 Å². The van der Waals surface area contributed by atoms with Gasteiger partial charge in [0.2, 0.25) is 0 Å². The minimum absolute atomic E-state index is 0.0274. The molecule has 0 heterocycles. The summed E-state index contributed by atoms with van der Waals surface area (Å²) < 4.78 is 5.48. The number of carbonyl (C=O) groups excluding carboxylic acids is 2. The molecule has 4 aliphatic carbocycles. The summed E-state index contributed by atoms with van der Waals surface area (Å²) in [6.07, 6.45) is 8.72. The van der Waals surface area contributed by atoms with Crippen LogP contribution in [0.3, 0.4) is 0 Å². The molecule has 0 aromatic carbocycles. The maximum absolute atomic E-state index is 12.8. The first-order chi connectivity index (χ1) is 11.8. The fraction of sp³-hybridized carbons (Fsp3) is 0.727. The molecule has 0 saturated heterocycles. The Bertz CT molecular complexity index is 700. The summed E-state index contributed by atoms with van der Waals surface area (Å²) in [5.74, 6) is 3.09. The van der Waals surface area contributed by atoms with Gasteiger partial charge in [0.15, 0.2) is 11.6 Å². The lowest BCUT2D eigenvalue weighted by Crippen LogP contribution is -2.49. The van der Waals surface area contributed by atoms with E-state index in [9.17, 15) is 9.59 Å². The molecule has 0 aliphatic heterocycles. The molecule has 136 valence electrons. The summed E-state index contributed by atoms with van der Waals surface area (Å²) in [7, 11) is 1.68. The van der Waals surface area contributed by atoms with Gasteiger partial charge in [0, 0.05) is 23.8 Å². The van der Waals surface area contributed by atoms with Gasteiger partial charge >= 0.3 is 0 Å². The van der Waals surface area contributed by atoms with Crippen LogP contribution in [-0.4, -0.2) is 18.7 Å². The molecule has 0 bridgehead atoms. The van der Waals surface area contributed by atoms with Crippen LogP contribution in [0, 0.1) is 28.6 Å². The first kappa shape index (κ1) is 17.1. The second kappa shape index (κ2) is 5.56. The lowest BCUT2D eigenvalue weighted by molar-refractivity contribution is -0.117. The molecule has 4 aliphatic rings. The molecule has 3 nitrogen and oxygen atoms in total. The highest BCUT2D eigenvalue weighted by molar-refractivity contribution is 6.00. The third-order valence-corrected chi connectivity index (χ3v) is 8.27. The van der Waals surface area contributed by atoms with E-state index in [4.69, 9.17) is 4.74 Å². The highest BCUT2D eigenvalue weighted by atomic mass is 16.5. The Balaban J connectivity index is 1.72. The quantitative estimate of drug-likeness (QED) is 0.516. The largest absolute Gasteiger partial charge is 0.501 e. The topological polar surface area (TPSA) is 43.4 Å². The van der Waals surface area contributed by atoms with E-state index in [1.165, 1.54) is 5.57 Å². The molecular formula is C22H30O3. The van der Waals surface area contributed by atoms with Gasteiger partial charge < -0.3 is 4.74 Å². The number of ether oxygens (including phenoxy) is 1. The van der Waals surface area contributed by atoms with Crippen LogP contribution in [0.15, 0.2) is 23.0 Å². The van der Waals surface area contributed by atoms with Gasteiger partial charge in [0.05, 0.1) is 12.9 Å². The number of ketones is 2. The fourth-order valence-corrected chi connectivity index (χ4v) is 6.89. The van der Waals surface area contributed by atoms with Crippen LogP contribution in [0.4, 0.5) is 0 Å². The Hall–Kier alpha value is -1.38. The summed E-state index contributed by atoms with van der Waals surface area (Å²) in [6, 6.07) is 0. The van der Waals surface area contributed by atoms with Crippen LogP contribution in [-0.2, 0) is 14.3 Å². The Morgan fingerprint density at radius 1 is 1.08 bits per heavy atom. The standard InChI is InChI=1S/C22H30O3/c1-13(25-4)20-19(24)12-18-16-6-5-14-11-15(23)7-9-21(14,2)17(16)8-10-22(18,20)3/h11,16-18H,5-10,12H2,1-4H3/t16-,17+,18-,21-,22-/m0/s1. The van der Waals surface area contributed by atoms with Crippen molar-refractivity contribution in [3.05, 3.63) is 23.0 Å². The Kier molecular flexibility index (Phi) is 3.79. The summed E-state index contributed by atoms with van der Waals surface area (Å²) in [4.78, 5) is 24.7. The SMILES string of the molecule is COC(C)=C1C(=O)C[C@H]2[C@H]3CCC4=CC(=O)CC[C@]4(C)[C@@H]3CC[C@]12C. The average Bonchev–Trinajstić information content (AvgIpc) is 2.85. The van der Waals surface area contributed by atoms with Crippen molar-refractivity contribution < 1.29 is 14.3 Å². The van der Waals surface area contributed by atoms with Gasteiger partial charge in [-0.2, -0.15) is 0 Å². The van der Waals surface area contributed by atoms with E-state index in [-0.39, 0.29) is 10.8 Å². The van der Waals surface area contributed by atoms with E-state index in [2.05, 4.69) is 13.8 Å². The third-order valence-electron chi connectivity index (χ3n) is 8.27. The van der Waals surface area contributed by atoms with Crippen molar-refractivity contribution >= 4 is 11.6 Å². The molecule has 0 spiro atoms. The summed E-state index contributed by atoms with van der Waals surface area (Å²) in [6.45, 7) is 6.64. The molecule has 5 atom stereocenters. The number of Topliss-reactive ketones (excluding diaryl/α,β-unsaturated/α-hetero) is 1. The zero-order valence-electron chi connectivity index (χ0n) is 16.0. The molecule has 0 N–H and O–H groups in total. The fourth-order valence-electron chi connectivity index (χ4n) is 6.89. The Morgan fingerprint density at radius 2 is 1.84 bits per heavy atom. The molecule has 0 aromatic heterocycles. The summed E-state index contributed by atoms with van der Waals surface area (Å²) in [5.41, 5.74) is 2.50. The second-order valence-corrected chi connectivity index (χ2v) is 9.19. The van der Waals surface area contributed by atoms with Crippen molar-refractivity contribution in [1.82, 2.24) is 0 Å². The molecule has 3 heteroatoms. The average molecular weight is 342 g/mol. The number of allylic oxidation sites excluding steroid dienone is 3. The minimum atomic E-state index is -0.0274. The highest BCUT2D eigenvalue weighted by Crippen LogP contribution is 2.66. The lowest BCUT2D eigenvalue weighted by atomic mass is 9.47. The van der Waals surface area contributed by atoms with Gasteiger partial charge in [-0.3, -0.25) is 9.59 Å². The van der Waals surface area contributed by atoms with Gasteiger partial charge in [-0.25, -0.2) is 0 Å². The van der Waals surface area contributed by atoms with Crippen molar-refractivity contribution in [2.75, 3.05) is 7.11 Å². The molecule has 3 saturated carbocycles. The van der Waals surface area contributed by atoms with Crippen LogP contribution in [0.5, 0.6) is 0 Å². The number of hydrogen-bond donors (Lipinski definition) is 0. The minimum Gasteiger partial charge on any atom is -0.501 e. The molecule has 0 aromatic rings. The van der Waals surface area contributed by atoms with Gasteiger partial charge in [0.25, 0.3) is 0 Å². The van der Waals surface area contributed by atoms with Crippen molar-refractivity contribution in [1.29, 1.82) is 0 Å². The monoisotopic (exact) mass is 342 g/mol. The predicted molar refractivity (Wildman–Crippen MR) is 96.8 cm³/mol. The van der Waals surface area contributed by atoms with Crippen LogP contribution in [0.2, 0.25) is 0 Å². The van der Waals surface area contributed by atoms with E-state index in [1.54, 1.807) is 7.11 Å². The van der Waals surface area contributed by atoms with Crippen molar-refractivity contribution in [2.24, 2.45) is 28.6 Å². The van der Waals surface area contributed by atoms with E-state index >= 15 is 0 Å². The van der Waals surface area contributed by atoms with Gasteiger partial charge in [-0.15, -0.1) is 0 Å². The molecule has 3 fully saturated rings. The maximum Gasteiger partial charge on any atom is 0.163 e. The van der Waals surface area contributed by atoms with E-state index in [0.29, 0.717) is 42.2 Å². The number of carbonyl (C=O) groups is 2. The van der Waals surface area contributed by atoms with Crippen LogP contribution in [0.25, 0.3) is 0 Å². The zero-order chi connectivity index (χ0) is 18.0. The van der Waals surface area contributed by atoms with E-state index in [1.807, 2.05) is 13.0 Å². The summed E-state index contributed by atoms with van der Waals surface area (Å²) in [5, 5.41) is 0. The number of fused-ring (bicyclic) bond motifs is 5. The van der Waals surface area contributed by atoms with Crippen molar-refractivity contribution in [3.63, 3.8) is 0 Å². The summed E-state index contributed by atoms with van der Waals surface area (Å²) >= 11 is 0. The van der Waals surface area contributed by atoms with Crippen molar-refractivity contribution in [2.45, 2.75) is 65.7 Å². The van der Waals surface area contributed by atoms with Crippen LogP contribution >= 0.6 is 0 Å². The number of rotatable bonds is 1. The first-order valence-electron chi connectivity index (χ1n) is 9.83. The maximum atomic E-state index is 12.8. The molecule has 4 rings (SSSR count). The zero-order valence-corrected chi connectivity index (χ0v) is 16.0. The predicted octanol–water partition coefficient (Wildman–Crippen LogP) is 4.62. The van der Waals surface area contributed by atoms with Crippen molar-refractivity contribution in [3.8, 4) is 0 Å². The second-order valence-electron chi connectivity index (χ2n) is 9.19. The highest BCUT2D eigenvalue weighted by Gasteiger charge is 2.60. The molecule has 0 unspecified atom stereocenters. The molecular weight excluding hydrogens is 312 g/mol.